The summed E-state index contributed by atoms with van der Waals surface area (Å²) >= 11 is 0. The van der Waals surface area contributed by atoms with Crippen molar-refractivity contribution in [1.82, 2.24) is 19.8 Å². The van der Waals surface area contributed by atoms with Crippen LogP contribution in [0.3, 0.4) is 0 Å². The molecule has 0 aliphatic carbocycles. The topological polar surface area (TPSA) is 95.2 Å². The number of carbonyl (C=O) groups is 1. The Morgan fingerprint density at radius 1 is 1.36 bits per heavy atom. The summed E-state index contributed by atoms with van der Waals surface area (Å²) in [5.74, 6) is -0.0869. The quantitative estimate of drug-likeness (QED) is 0.810. The van der Waals surface area contributed by atoms with Crippen LogP contribution in [-0.4, -0.2) is 54.2 Å². The molecule has 1 atom stereocenters. The van der Waals surface area contributed by atoms with E-state index in [0.717, 1.165) is 35.9 Å². The smallest absolute Gasteiger partial charge is 0.226 e. The highest BCUT2D eigenvalue weighted by molar-refractivity contribution is 7.88. The lowest BCUT2D eigenvalue weighted by molar-refractivity contribution is -0.120. The Hall–Kier alpha value is -1.93. The number of aromatic amines is 1. The first-order valence-electron chi connectivity index (χ1n) is 8.60. The van der Waals surface area contributed by atoms with Crippen molar-refractivity contribution in [3.05, 3.63) is 30.0 Å². The molecule has 1 saturated heterocycles. The molecule has 136 valence electrons. The van der Waals surface area contributed by atoms with Gasteiger partial charge in [-0.3, -0.25) is 9.89 Å². The summed E-state index contributed by atoms with van der Waals surface area (Å²) in [5.41, 5.74) is 1.64. The van der Waals surface area contributed by atoms with Crippen LogP contribution in [0.1, 0.15) is 31.4 Å². The molecular formula is C17H24N4O3S. The van der Waals surface area contributed by atoms with Crippen molar-refractivity contribution < 1.29 is 13.2 Å². The van der Waals surface area contributed by atoms with E-state index >= 15 is 0 Å². The lowest BCUT2D eigenvalue weighted by Crippen LogP contribution is -2.44. The molecule has 0 radical (unpaired) electrons. The Morgan fingerprint density at radius 3 is 2.96 bits per heavy atom. The molecule has 1 aromatic carbocycles. The molecule has 2 heterocycles. The average molecular weight is 364 g/mol. The van der Waals surface area contributed by atoms with E-state index in [1.54, 1.807) is 4.31 Å². The highest BCUT2D eigenvalue weighted by atomic mass is 32.2. The van der Waals surface area contributed by atoms with Gasteiger partial charge in [0.05, 0.1) is 23.9 Å². The van der Waals surface area contributed by atoms with Crippen molar-refractivity contribution in [1.29, 1.82) is 0 Å². The number of hydrogen-bond acceptors (Lipinski definition) is 4. The normalized spacial score (nSPS) is 19.2. The van der Waals surface area contributed by atoms with E-state index < -0.39 is 10.0 Å². The molecule has 25 heavy (non-hydrogen) atoms. The van der Waals surface area contributed by atoms with E-state index in [2.05, 4.69) is 15.5 Å². The molecule has 0 spiro atoms. The molecule has 0 unspecified atom stereocenters. The second-order valence-electron chi connectivity index (χ2n) is 6.56. The van der Waals surface area contributed by atoms with E-state index in [4.69, 9.17) is 0 Å². The number of aromatic nitrogens is 2. The van der Waals surface area contributed by atoms with Crippen LogP contribution < -0.4 is 5.32 Å². The van der Waals surface area contributed by atoms with E-state index in [-0.39, 0.29) is 18.4 Å². The Bertz CT molecular complexity index is 846. The zero-order valence-corrected chi connectivity index (χ0v) is 15.2. The molecule has 1 aromatic heterocycles. The maximum Gasteiger partial charge on any atom is 0.226 e. The molecule has 0 bridgehead atoms. The first-order chi connectivity index (χ1) is 11.9. The number of nitrogens with one attached hydrogen (secondary N) is 2. The second-order valence-corrected chi connectivity index (χ2v) is 8.49. The van der Waals surface area contributed by atoms with Crippen molar-refractivity contribution >= 4 is 26.8 Å². The van der Waals surface area contributed by atoms with Crippen LogP contribution in [0, 0.1) is 0 Å². The lowest BCUT2D eigenvalue weighted by Gasteiger charge is -2.33. The molecule has 1 fully saturated rings. The van der Waals surface area contributed by atoms with Crippen molar-refractivity contribution in [2.24, 2.45) is 0 Å². The summed E-state index contributed by atoms with van der Waals surface area (Å²) in [6, 6.07) is 7.65. The van der Waals surface area contributed by atoms with E-state index in [1.807, 2.05) is 24.3 Å². The fourth-order valence-electron chi connectivity index (χ4n) is 3.45. The number of H-pyrrole nitrogens is 1. The van der Waals surface area contributed by atoms with Crippen LogP contribution in [0.5, 0.6) is 0 Å². The van der Waals surface area contributed by atoms with Gasteiger partial charge < -0.3 is 5.32 Å². The summed E-state index contributed by atoms with van der Waals surface area (Å²) in [5, 5.41) is 10.9. The van der Waals surface area contributed by atoms with Crippen LogP contribution >= 0.6 is 0 Å². The van der Waals surface area contributed by atoms with Gasteiger partial charge in [0.25, 0.3) is 0 Å². The molecule has 2 N–H and O–H groups in total. The van der Waals surface area contributed by atoms with Crippen LogP contribution in [0.25, 0.3) is 10.9 Å². The number of nitrogens with zero attached hydrogens (tertiary/aromatic N) is 2. The van der Waals surface area contributed by atoms with Crippen molar-refractivity contribution in [3.8, 4) is 0 Å². The van der Waals surface area contributed by atoms with Gasteiger partial charge in [-0.1, -0.05) is 24.6 Å². The lowest BCUT2D eigenvalue weighted by atomic mass is 10.0. The Labute approximate surface area is 147 Å². The third-order valence-electron chi connectivity index (χ3n) is 4.68. The van der Waals surface area contributed by atoms with Gasteiger partial charge >= 0.3 is 0 Å². The number of amides is 1. The maximum atomic E-state index is 12.2. The minimum absolute atomic E-state index is 0.0166. The number of rotatable bonds is 6. The van der Waals surface area contributed by atoms with Crippen molar-refractivity contribution in [3.63, 3.8) is 0 Å². The Balaban J connectivity index is 1.52. The van der Waals surface area contributed by atoms with E-state index in [1.165, 1.54) is 6.26 Å². The number of benzene rings is 1. The average Bonchev–Trinajstić information content (AvgIpc) is 2.97. The molecule has 0 saturated carbocycles. The minimum atomic E-state index is -3.18. The molecule has 1 amide bonds. The van der Waals surface area contributed by atoms with Crippen molar-refractivity contribution in [2.75, 3.05) is 19.3 Å². The van der Waals surface area contributed by atoms with Gasteiger partial charge in [0.2, 0.25) is 15.9 Å². The second kappa shape index (κ2) is 7.53. The first-order valence-corrected chi connectivity index (χ1v) is 10.5. The van der Waals surface area contributed by atoms with Gasteiger partial charge in [-0.25, -0.2) is 8.42 Å². The van der Waals surface area contributed by atoms with Gasteiger partial charge in [-0.15, -0.1) is 0 Å². The van der Waals surface area contributed by atoms with Crippen LogP contribution in [0.15, 0.2) is 24.3 Å². The zero-order chi connectivity index (χ0) is 17.9. The summed E-state index contributed by atoms with van der Waals surface area (Å²) in [6.07, 6.45) is 4.93. The van der Waals surface area contributed by atoms with Gasteiger partial charge in [-0.2, -0.15) is 9.40 Å². The highest BCUT2D eigenvalue weighted by Crippen LogP contribution is 2.22. The molecule has 7 nitrogen and oxygen atoms in total. The van der Waals surface area contributed by atoms with Crippen LogP contribution in [0.4, 0.5) is 0 Å². The SMILES string of the molecule is CS(=O)(=O)N1CCCC[C@H]1CCNC(=O)Cc1[nH]nc2ccccc12. The Morgan fingerprint density at radius 2 is 2.16 bits per heavy atom. The fraction of sp³-hybridized carbons (Fsp3) is 0.529. The predicted octanol–water partition coefficient (Wildman–Crippen LogP) is 1.43. The van der Waals surface area contributed by atoms with Crippen LogP contribution in [0.2, 0.25) is 0 Å². The van der Waals surface area contributed by atoms with Crippen molar-refractivity contribution in [2.45, 2.75) is 38.1 Å². The predicted molar refractivity (Wildman–Crippen MR) is 96.6 cm³/mol. The number of hydrogen-bond donors (Lipinski definition) is 2. The zero-order valence-electron chi connectivity index (χ0n) is 14.4. The maximum absolute atomic E-state index is 12.2. The monoisotopic (exact) mass is 364 g/mol. The summed E-state index contributed by atoms with van der Waals surface area (Å²) < 4.78 is 25.3. The summed E-state index contributed by atoms with van der Waals surface area (Å²) in [4.78, 5) is 12.2. The molecular weight excluding hydrogens is 340 g/mol. The molecule has 1 aliphatic rings. The van der Waals surface area contributed by atoms with Crippen LogP contribution in [-0.2, 0) is 21.2 Å². The largest absolute Gasteiger partial charge is 0.356 e. The molecule has 8 heteroatoms. The Kier molecular flexibility index (Phi) is 5.39. The molecule has 3 rings (SSSR count). The fourth-order valence-corrected chi connectivity index (χ4v) is 4.66. The number of fused-ring (bicyclic) bond motifs is 1. The summed E-state index contributed by atoms with van der Waals surface area (Å²) in [6.45, 7) is 1.05. The number of piperidine rings is 1. The van der Waals surface area contributed by atoms with Gasteiger partial charge in [-0.05, 0) is 25.3 Å². The minimum Gasteiger partial charge on any atom is -0.356 e. The standard InChI is InChI=1S/C17H24N4O3S/c1-25(23,24)21-11-5-4-6-13(21)9-10-18-17(22)12-16-14-7-2-3-8-15(14)19-20-16/h2-3,7-8,13H,4-6,9-12H2,1H3,(H,18,22)(H,19,20)/t13-/m0/s1. The van der Waals surface area contributed by atoms with E-state index in [0.29, 0.717) is 19.5 Å². The number of carbonyl (C=O) groups excluding carboxylic acids is 1. The van der Waals surface area contributed by atoms with Gasteiger partial charge in [0, 0.05) is 24.5 Å². The highest BCUT2D eigenvalue weighted by Gasteiger charge is 2.28. The third kappa shape index (κ3) is 4.38. The van der Waals surface area contributed by atoms with Gasteiger partial charge in [0.1, 0.15) is 0 Å². The molecule has 2 aromatic rings. The van der Waals surface area contributed by atoms with Gasteiger partial charge in [0.15, 0.2) is 0 Å². The number of para-hydroxylation sites is 1. The number of sulfonamides is 1. The molecule has 1 aliphatic heterocycles. The summed E-state index contributed by atoms with van der Waals surface area (Å²) in [7, 11) is -3.18. The third-order valence-corrected chi connectivity index (χ3v) is 6.01. The van der Waals surface area contributed by atoms with E-state index in [9.17, 15) is 13.2 Å². The first kappa shape index (κ1) is 17.9.